The van der Waals surface area contributed by atoms with Crippen molar-refractivity contribution in [2.75, 3.05) is 24.2 Å². The van der Waals surface area contributed by atoms with E-state index in [1.807, 2.05) is 19.1 Å². The second-order valence-corrected chi connectivity index (χ2v) is 9.51. The number of hydrogen-bond donors (Lipinski definition) is 1. The summed E-state index contributed by atoms with van der Waals surface area (Å²) in [7, 11) is -2.26. The molecule has 7 nitrogen and oxygen atoms in total. The van der Waals surface area contributed by atoms with Crippen molar-refractivity contribution in [2.45, 2.75) is 32.9 Å². The fourth-order valence-electron chi connectivity index (χ4n) is 3.11. The van der Waals surface area contributed by atoms with Crippen molar-refractivity contribution in [3.05, 3.63) is 64.7 Å². The van der Waals surface area contributed by atoms with E-state index in [-0.39, 0.29) is 12.5 Å². The predicted octanol–water partition coefficient (Wildman–Crippen LogP) is 2.83. The summed E-state index contributed by atoms with van der Waals surface area (Å²) in [5.74, 6) is -0.875. The molecule has 2 aromatic rings. The maximum atomic E-state index is 13.3. The summed E-state index contributed by atoms with van der Waals surface area (Å²) >= 11 is 6.25. The van der Waals surface area contributed by atoms with Crippen LogP contribution in [0.5, 0.6) is 0 Å². The van der Waals surface area contributed by atoms with Crippen molar-refractivity contribution in [3.63, 3.8) is 0 Å². The molecule has 2 rings (SSSR count). The van der Waals surface area contributed by atoms with E-state index in [0.29, 0.717) is 16.3 Å². The van der Waals surface area contributed by atoms with Crippen LogP contribution in [0.4, 0.5) is 5.69 Å². The Morgan fingerprint density at radius 1 is 1.10 bits per heavy atom. The van der Waals surface area contributed by atoms with Gasteiger partial charge < -0.3 is 10.2 Å². The molecule has 0 radical (unpaired) electrons. The molecule has 31 heavy (non-hydrogen) atoms. The Morgan fingerprint density at radius 2 is 1.71 bits per heavy atom. The van der Waals surface area contributed by atoms with Crippen LogP contribution in [0.3, 0.4) is 0 Å². The topological polar surface area (TPSA) is 86.8 Å². The summed E-state index contributed by atoms with van der Waals surface area (Å²) in [4.78, 5) is 26.9. The van der Waals surface area contributed by atoms with Gasteiger partial charge in [-0.25, -0.2) is 8.42 Å². The van der Waals surface area contributed by atoms with Crippen LogP contribution in [-0.2, 0) is 32.6 Å². The molecule has 0 aliphatic rings. The number of halogens is 1. The molecular formula is C22H28ClN3O4S. The number of likely N-dealkylation sites (N-methyl/N-ethyl adjacent to an activating group) is 1. The molecule has 1 atom stereocenters. The van der Waals surface area contributed by atoms with Crippen molar-refractivity contribution in [2.24, 2.45) is 0 Å². The minimum absolute atomic E-state index is 0.0689. The third kappa shape index (κ3) is 6.45. The average molecular weight is 466 g/mol. The van der Waals surface area contributed by atoms with Crippen LogP contribution in [0.1, 0.15) is 25.0 Å². The van der Waals surface area contributed by atoms with Crippen molar-refractivity contribution in [1.29, 1.82) is 0 Å². The van der Waals surface area contributed by atoms with E-state index in [0.717, 1.165) is 22.5 Å². The van der Waals surface area contributed by atoms with Gasteiger partial charge in [-0.05, 0) is 42.7 Å². The molecule has 0 fully saturated rings. The monoisotopic (exact) mass is 465 g/mol. The lowest BCUT2D eigenvalue weighted by Gasteiger charge is -2.31. The van der Waals surface area contributed by atoms with E-state index in [1.165, 1.54) is 11.9 Å². The minimum Gasteiger partial charge on any atom is -0.357 e. The first-order valence-electron chi connectivity index (χ1n) is 9.89. The molecule has 0 aromatic heterocycles. The number of nitrogens with one attached hydrogen (secondary N) is 1. The quantitative estimate of drug-likeness (QED) is 0.617. The van der Waals surface area contributed by atoms with Gasteiger partial charge in [0.1, 0.15) is 12.6 Å². The summed E-state index contributed by atoms with van der Waals surface area (Å²) in [6.07, 6.45) is 1.86. The second-order valence-electron chi connectivity index (χ2n) is 7.19. The molecule has 0 saturated heterocycles. The van der Waals surface area contributed by atoms with Gasteiger partial charge in [-0.2, -0.15) is 0 Å². The summed E-state index contributed by atoms with van der Waals surface area (Å²) in [5, 5.41) is 2.99. The Hall–Kier alpha value is -2.58. The Morgan fingerprint density at radius 3 is 2.23 bits per heavy atom. The molecule has 168 valence electrons. The van der Waals surface area contributed by atoms with Crippen LogP contribution >= 0.6 is 11.6 Å². The van der Waals surface area contributed by atoms with Crippen LogP contribution in [-0.4, -0.2) is 51.0 Å². The number of hydrogen-bond acceptors (Lipinski definition) is 4. The number of rotatable bonds is 9. The number of benzene rings is 2. The normalized spacial score (nSPS) is 12.2. The lowest BCUT2D eigenvalue weighted by atomic mass is 10.1. The molecule has 0 aliphatic heterocycles. The first-order chi connectivity index (χ1) is 14.6. The number of anilines is 1. The maximum Gasteiger partial charge on any atom is 0.244 e. The largest absolute Gasteiger partial charge is 0.357 e. The zero-order chi connectivity index (χ0) is 23.2. The Balaban J connectivity index is 2.38. The van der Waals surface area contributed by atoms with Crippen molar-refractivity contribution in [1.82, 2.24) is 10.2 Å². The van der Waals surface area contributed by atoms with Crippen molar-refractivity contribution in [3.8, 4) is 0 Å². The fourth-order valence-corrected chi connectivity index (χ4v) is 4.16. The van der Waals surface area contributed by atoms with Gasteiger partial charge in [0.15, 0.2) is 0 Å². The highest BCUT2D eigenvalue weighted by Gasteiger charge is 2.30. The Labute approximate surface area is 189 Å². The van der Waals surface area contributed by atoms with E-state index >= 15 is 0 Å². The van der Waals surface area contributed by atoms with Gasteiger partial charge in [0.2, 0.25) is 21.8 Å². The molecule has 9 heteroatoms. The molecule has 1 unspecified atom stereocenters. The molecule has 0 spiro atoms. The van der Waals surface area contributed by atoms with Gasteiger partial charge >= 0.3 is 0 Å². The van der Waals surface area contributed by atoms with Gasteiger partial charge in [0.25, 0.3) is 0 Å². The molecule has 2 aromatic carbocycles. The maximum absolute atomic E-state index is 13.3. The fraction of sp³-hybridized carbons (Fsp3) is 0.364. The zero-order valence-corrected chi connectivity index (χ0v) is 19.7. The highest BCUT2D eigenvalue weighted by Crippen LogP contribution is 2.22. The summed E-state index contributed by atoms with van der Waals surface area (Å²) < 4.78 is 26.0. The van der Waals surface area contributed by atoms with Crippen LogP contribution in [0, 0.1) is 0 Å². The molecule has 1 N–H and O–H groups in total. The number of aryl methyl sites for hydroxylation is 1. The van der Waals surface area contributed by atoms with Crippen LogP contribution in [0.15, 0.2) is 48.5 Å². The van der Waals surface area contributed by atoms with Crippen LogP contribution in [0.25, 0.3) is 0 Å². The molecule has 0 saturated carbocycles. The standard InChI is InChI=1S/C22H28ClN3O4S/c1-5-17-10-12-19(13-11-17)26(31(4,29)30)15-21(27)25(16(2)22(28)24-3)14-18-8-6-7-9-20(18)23/h6-13,16H,5,14-15H2,1-4H3,(H,24,28). The summed E-state index contributed by atoms with van der Waals surface area (Å²) in [6, 6.07) is 13.2. The van der Waals surface area contributed by atoms with E-state index in [1.54, 1.807) is 43.3 Å². The molecule has 0 bridgehead atoms. The second kappa shape index (κ2) is 10.6. The van der Waals surface area contributed by atoms with Crippen LogP contribution < -0.4 is 9.62 Å². The molecule has 0 aliphatic carbocycles. The first-order valence-corrected chi connectivity index (χ1v) is 12.1. The predicted molar refractivity (Wildman–Crippen MR) is 124 cm³/mol. The summed E-state index contributed by atoms with van der Waals surface area (Å²) in [6.45, 7) is 3.23. The highest BCUT2D eigenvalue weighted by atomic mass is 35.5. The number of sulfonamides is 1. The number of nitrogens with zero attached hydrogens (tertiary/aromatic N) is 2. The first kappa shape index (κ1) is 24.7. The molecule has 2 amide bonds. The van der Waals surface area contributed by atoms with E-state index in [9.17, 15) is 18.0 Å². The highest BCUT2D eigenvalue weighted by molar-refractivity contribution is 7.92. The number of amides is 2. The summed E-state index contributed by atoms with van der Waals surface area (Å²) in [5.41, 5.74) is 2.10. The van der Waals surface area contributed by atoms with Gasteiger partial charge in [0.05, 0.1) is 11.9 Å². The van der Waals surface area contributed by atoms with Crippen LogP contribution in [0.2, 0.25) is 5.02 Å². The van der Waals surface area contributed by atoms with Gasteiger partial charge in [0, 0.05) is 18.6 Å². The van der Waals surface area contributed by atoms with Gasteiger partial charge in [-0.1, -0.05) is 48.9 Å². The minimum atomic E-state index is -3.74. The Kier molecular flexibility index (Phi) is 8.47. The third-order valence-corrected chi connectivity index (χ3v) is 6.53. The molecular weight excluding hydrogens is 438 g/mol. The number of carbonyl (C=O) groups excluding carboxylic acids is 2. The van der Waals surface area contributed by atoms with E-state index in [4.69, 9.17) is 11.6 Å². The lowest BCUT2D eigenvalue weighted by Crippen LogP contribution is -2.50. The van der Waals surface area contributed by atoms with Gasteiger partial charge in [-0.3, -0.25) is 13.9 Å². The smallest absolute Gasteiger partial charge is 0.244 e. The SMILES string of the molecule is CCc1ccc(N(CC(=O)N(Cc2ccccc2Cl)C(C)C(=O)NC)S(C)(=O)=O)cc1. The van der Waals surface area contributed by atoms with E-state index < -0.39 is 28.5 Å². The average Bonchev–Trinajstić information content (AvgIpc) is 2.75. The van der Waals surface area contributed by atoms with Crippen molar-refractivity contribution >= 4 is 39.1 Å². The zero-order valence-electron chi connectivity index (χ0n) is 18.1. The molecule has 0 heterocycles. The number of carbonyl (C=O) groups is 2. The third-order valence-electron chi connectivity index (χ3n) is 5.02. The van der Waals surface area contributed by atoms with Crippen molar-refractivity contribution < 1.29 is 18.0 Å². The van der Waals surface area contributed by atoms with Gasteiger partial charge in [-0.15, -0.1) is 0 Å². The Bertz CT molecular complexity index is 1030. The van der Waals surface area contributed by atoms with E-state index in [2.05, 4.69) is 5.32 Å². The lowest BCUT2D eigenvalue weighted by molar-refractivity contribution is -0.139.